The van der Waals surface area contributed by atoms with Gasteiger partial charge in [0.2, 0.25) is 5.91 Å². The molecule has 0 aliphatic carbocycles. The molecule has 0 spiro atoms. The Morgan fingerprint density at radius 2 is 2.33 bits per heavy atom. The molecular weight excluding hydrogens is 286 g/mol. The van der Waals surface area contributed by atoms with Gasteiger partial charge >= 0.3 is 0 Å². The summed E-state index contributed by atoms with van der Waals surface area (Å²) in [5.74, 6) is 0.478. The van der Waals surface area contributed by atoms with Crippen LogP contribution in [0.25, 0.3) is 0 Å². The molecule has 0 N–H and O–H groups in total. The molecule has 7 heteroatoms. The SMILES string of the molecule is Cc1nc(C2CCCN(C(=O)Cn3cncn3)C2)sc1C. The van der Waals surface area contributed by atoms with Gasteiger partial charge in [-0.3, -0.25) is 4.79 Å². The fourth-order valence-electron chi connectivity index (χ4n) is 2.63. The number of carbonyl (C=O) groups excluding carboxylic acids is 1. The van der Waals surface area contributed by atoms with E-state index in [-0.39, 0.29) is 12.5 Å². The summed E-state index contributed by atoms with van der Waals surface area (Å²) in [5, 5.41) is 5.16. The summed E-state index contributed by atoms with van der Waals surface area (Å²) in [6, 6.07) is 0. The predicted octanol–water partition coefficient (Wildman–Crippen LogP) is 1.76. The van der Waals surface area contributed by atoms with Crippen LogP contribution in [0.1, 0.15) is 34.3 Å². The van der Waals surface area contributed by atoms with Crippen molar-refractivity contribution < 1.29 is 4.79 Å². The third-order valence-electron chi connectivity index (χ3n) is 3.93. The molecule has 6 nitrogen and oxygen atoms in total. The lowest BCUT2D eigenvalue weighted by molar-refractivity contribution is -0.133. The molecule has 2 aromatic rings. The van der Waals surface area contributed by atoms with Crippen molar-refractivity contribution in [3.63, 3.8) is 0 Å². The molecule has 0 saturated carbocycles. The third-order valence-corrected chi connectivity index (χ3v) is 5.17. The highest BCUT2D eigenvalue weighted by atomic mass is 32.1. The van der Waals surface area contributed by atoms with E-state index in [0.29, 0.717) is 5.92 Å². The van der Waals surface area contributed by atoms with Crippen LogP contribution in [0, 0.1) is 13.8 Å². The van der Waals surface area contributed by atoms with E-state index in [2.05, 4.69) is 22.0 Å². The minimum Gasteiger partial charge on any atom is -0.340 e. The zero-order chi connectivity index (χ0) is 14.8. The molecular formula is C14H19N5OS. The van der Waals surface area contributed by atoms with Gasteiger partial charge in [0.15, 0.2) is 0 Å². The Morgan fingerprint density at radius 1 is 1.48 bits per heavy atom. The van der Waals surface area contributed by atoms with Crippen molar-refractivity contribution in [2.24, 2.45) is 0 Å². The van der Waals surface area contributed by atoms with Crippen molar-refractivity contribution in [3.8, 4) is 0 Å². The van der Waals surface area contributed by atoms with Crippen molar-refractivity contribution in [2.45, 2.75) is 39.2 Å². The fourth-order valence-corrected chi connectivity index (χ4v) is 3.68. The Hall–Kier alpha value is -1.76. The molecule has 1 fully saturated rings. The molecule has 3 heterocycles. The van der Waals surface area contributed by atoms with Crippen LogP contribution >= 0.6 is 11.3 Å². The molecule has 112 valence electrons. The molecule has 1 amide bonds. The Kier molecular flexibility index (Phi) is 4.01. The van der Waals surface area contributed by atoms with Crippen LogP contribution in [0.2, 0.25) is 0 Å². The van der Waals surface area contributed by atoms with Crippen molar-refractivity contribution in [2.75, 3.05) is 13.1 Å². The predicted molar refractivity (Wildman–Crippen MR) is 80.2 cm³/mol. The summed E-state index contributed by atoms with van der Waals surface area (Å²) >= 11 is 1.76. The first-order valence-corrected chi connectivity index (χ1v) is 7.99. The highest BCUT2D eigenvalue weighted by Crippen LogP contribution is 2.31. The number of thiazole rings is 1. The summed E-state index contributed by atoms with van der Waals surface area (Å²) in [7, 11) is 0. The Morgan fingerprint density at radius 3 is 3.00 bits per heavy atom. The normalized spacial score (nSPS) is 19.0. The lowest BCUT2D eigenvalue weighted by atomic mass is 9.98. The summed E-state index contributed by atoms with van der Waals surface area (Å²) in [6.07, 6.45) is 5.17. The number of hydrogen-bond donors (Lipinski definition) is 0. The minimum absolute atomic E-state index is 0.107. The minimum atomic E-state index is 0.107. The number of carbonyl (C=O) groups is 1. The second-order valence-electron chi connectivity index (χ2n) is 5.47. The van der Waals surface area contributed by atoms with Gasteiger partial charge in [0.1, 0.15) is 19.2 Å². The van der Waals surface area contributed by atoms with E-state index in [1.807, 2.05) is 11.8 Å². The second kappa shape index (κ2) is 5.93. The van der Waals surface area contributed by atoms with Crippen LogP contribution < -0.4 is 0 Å². The quantitative estimate of drug-likeness (QED) is 0.867. The maximum Gasteiger partial charge on any atom is 0.244 e. The van der Waals surface area contributed by atoms with Gasteiger partial charge in [-0.25, -0.2) is 14.6 Å². The first-order chi connectivity index (χ1) is 10.1. The monoisotopic (exact) mass is 305 g/mol. The average molecular weight is 305 g/mol. The molecule has 1 unspecified atom stereocenters. The van der Waals surface area contributed by atoms with Gasteiger partial charge in [0, 0.05) is 23.9 Å². The topological polar surface area (TPSA) is 63.9 Å². The fraction of sp³-hybridized carbons (Fsp3) is 0.571. The number of rotatable bonds is 3. The van der Waals surface area contributed by atoms with Gasteiger partial charge in [-0.1, -0.05) is 0 Å². The molecule has 1 aliphatic heterocycles. The zero-order valence-electron chi connectivity index (χ0n) is 12.3. The number of likely N-dealkylation sites (tertiary alicyclic amines) is 1. The van der Waals surface area contributed by atoms with Gasteiger partial charge < -0.3 is 4.90 Å². The van der Waals surface area contributed by atoms with Crippen molar-refractivity contribution in [1.29, 1.82) is 0 Å². The van der Waals surface area contributed by atoms with Crippen molar-refractivity contribution >= 4 is 17.2 Å². The van der Waals surface area contributed by atoms with Crippen molar-refractivity contribution in [3.05, 3.63) is 28.2 Å². The highest BCUT2D eigenvalue weighted by Gasteiger charge is 2.27. The summed E-state index contributed by atoms with van der Waals surface area (Å²) in [4.78, 5) is 24.1. The summed E-state index contributed by atoms with van der Waals surface area (Å²) in [5.41, 5.74) is 1.11. The molecule has 1 saturated heterocycles. The largest absolute Gasteiger partial charge is 0.340 e. The second-order valence-corrected chi connectivity index (χ2v) is 6.70. The van der Waals surface area contributed by atoms with Crippen LogP contribution in [0.4, 0.5) is 0 Å². The molecule has 0 aromatic carbocycles. The Labute approximate surface area is 127 Å². The van der Waals surface area contributed by atoms with E-state index >= 15 is 0 Å². The standard InChI is InChI=1S/C14H19N5OS/c1-10-11(2)21-14(17-10)12-4-3-5-18(6-12)13(20)7-19-9-15-8-16-19/h8-9,12H,3-7H2,1-2H3. The first kappa shape index (κ1) is 14.2. The number of piperidine rings is 1. The van der Waals surface area contributed by atoms with Gasteiger partial charge in [-0.2, -0.15) is 5.10 Å². The average Bonchev–Trinajstić information content (AvgIpc) is 3.10. The maximum atomic E-state index is 12.3. The van der Waals surface area contributed by atoms with E-state index in [1.54, 1.807) is 22.3 Å². The molecule has 1 aliphatic rings. The van der Waals surface area contributed by atoms with Gasteiger partial charge in [-0.05, 0) is 26.7 Å². The van der Waals surface area contributed by atoms with Crippen LogP contribution in [0.5, 0.6) is 0 Å². The molecule has 3 rings (SSSR count). The van der Waals surface area contributed by atoms with E-state index < -0.39 is 0 Å². The van der Waals surface area contributed by atoms with E-state index in [9.17, 15) is 4.79 Å². The Balaban J connectivity index is 1.66. The molecule has 0 radical (unpaired) electrons. The molecule has 21 heavy (non-hydrogen) atoms. The Bertz CT molecular complexity index is 602. The summed E-state index contributed by atoms with van der Waals surface area (Å²) in [6.45, 7) is 6.01. The van der Waals surface area contributed by atoms with Crippen LogP contribution in [-0.2, 0) is 11.3 Å². The highest BCUT2D eigenvalue weighted by molar-refractivity contribution is 7.11. The maximum absolute atomic E-state index is 12.3. The lowest BCUT2D eigenvalue weighted by Crippen LogP contribution is -2.40. The van der Waals surface area contributed by atoms with Gasteiger partial charge in [0.25, 0.3) is 0 Å². The van der Waals surface area contributed by atoms with Crippen molar-refractivity contribution in [1.82, 2.24) is 24.6 Å². The van der Waals surface area contributed by atoms with Crippen LogP contribution in [-0.4, -0.2) is 43.6 Å². The van der Waals surface area contributed by atoms with Crippen LogP contribution in [0.15, 0.2) is 12.7 Å². The first-order valence-electron chi connectivity index (χ1n) is 7.17. The number of nitrogens with zero attached hydrogens (tertiary/aromatic N) is 5. The molecule has 2 aromatic heterocycles. The number of aryl methyl sites for hydroxylation is 2. The number of aromatic nitrogens is 4. The molecule has 1 atom stereocenters. The van der Waals surface area contributed by atoms with Gasteiger partial charge in [0.05, 0.1) is 10.7 Å². The van der Waals surface area contributed by atoms with Gasteiger partial charge in [-0.15, -0.1) is 11.3 Å². The smallest absolute Gasteiger partial charge is 0.244 e. The van der Waals surface area contributed by atoms with E-state index in [1.165, 1.54) is 16.2 Å². The number of amides is 1. The van der Waals surface area contributed by atoms with E-state index in [4.69, 9.17) is 0 Å². The zero-order valence-corrected chi connectivity index (χ0v) is 13.1. The van der Waals surface area contributed by atoms with Crippen LogP contribution in [0.3, 0.4) is 0 Å². The summed E-state index contributed by atoms with van der Waals surface area (Å²) < 4.78 is 1.57. The third kappa shape index (κ3) is 3.12. The lowest BCUT2D eigenvalue weighted by Gasteiger charge is -2.31. The van der Waals surface area contributed by atoms with E-state index in [0.717, 1.165) is 31.6 Å². The number of hydrogen-bond acceptors (Lipinski definition) is 5. The molecule has 0 bridgehead atoms.